The van der Waals surface area contributed by atoms with Gasteiger partial charge in [0, 0.05) is 37.1 Å². The van der Waals surface area contributed by atoms with Gasteiger partial charge in [-0.3, -0.25) is 9.59 Å². The molecular formula is C23H24FNO4. The van der Waals surface area contributed by atoms with Crippen LogP contribution in [-0.2, 0) is 11.2 Å². The molecule has 2 aromatic rings. The zero-order chi connectivity index (χ0) is 20.5. The number of hydrogen-bond donors (Lipinski definition) is 0. The average Bonchev–Trinajstić information content (AvgIpc) is 2.66. The maximum atomic E-state index is 14.4. The van der Waals surface area contributed by atoms with Gasteiger partial charge in [-0.2, -0.15) is 0 Å². The van der Waals surface area contributed by atoms with Crippen molar-refractivity contribution in [3.05, 3.63) is 58.9 Å². The van der Waals surface area contributed by atoms with Crippen LogP contribution in [0.25, 0.3) is 0 Å². The summed E-state index contributed by atoms with van der Waals surface area (Å²) in [5.41, 5.74) is 1.82. The first kappa shape index (κ1) is 19.4. The van der Waals surface area contributed by atoms with Crippen molar-refractivity contribution in [1.29, 1.82) is 0 Å². The minimum atomic E-state index is -0.618. The van der Waals surface area contributed by atoms with Gasteiger partial charge in [0.1, 0.15) is 23.9 Å². The van der Waals surface area contributed by atoms with E-state index in [1.54, 1.807) is 4.90 Å². The lowest BCUT2D eigenvalue weighted by atomic mass is 9.97. The van der Waals surface area contributed by atoms with Crippen molar-refractivity contribution >= 4 is 11.7 Å². The molecule has 0 atom stereocenters. The first-order chi connectivity index (χ1) is 13.9. The van der Waals surface area contributed by atoms with Gasteiger partial charge in [-0.1, -0.05) is 26.0 Å². The van der Waals surface area contributed by atoms with Crippen LogP contribution in [0.2, 0.25) is 0 Å². The number of halogens is 1. The van der Waals surface area contributed by atoms with E-state index in [4.69, 9.17) is 9.47 Å². The molecule has 2 aliphatic heterocycles. The molecule has 1 amide bonds. The number of carbonyl (C=O) groups is 2. The molecule has 0 saturated carbocycles. The van der Waals surface area contributed by atoms with Gasteiger partial charge in [-0.05, 0) is 29.7 Å². The van der Waals surface area contributed by atoms with Crippen LogP contribution in [0.3, 0.4) is 0 Å². The number of fused-ring (bicyclic) bond motifs is 1. The van der Waals surface area contributed by atoms with Gasteiger partial charge < -0.3 is 14.4 Å². The van der Waals surface area contributed by atoms with Crippen LogP contribution >= 0.6 is 0 Å². The van der Waals surface area contributed by atoms with Crippen molar-refractivity contribution in [2.24, 2.45) is 5.92 Å². The third-order valence-electron chi connectivity index (χ3n) is 5.43. The van der Waals surface area contributed by atoms with Crippen molar-refractivity contribution in [3.8, 4) is 11.5 Å². The van der Waals surface area contributed by atoms with Crippen molar-refractivity contribution in [3.63, 3.8) is 0 Å². The molecule has 0 N–H and O–H groups in total. The first-order valence-electron chi connectivity index (χ1n) is 9.89. The fraction of sp³-hybridized carbons (Fsp3) is 0.391. The summed E-state index contributed by atoms with van der Waals surface area (Å²) in [4.78, 5) is 25.8. The van der Waals surface area contributed by atoms with Gasteiger partial charge in [-0.15, -0.1) is 0 Å². The summed E-state index contributed by atoms with van der Waals surface area (Å²) in [6.07, 6.45) is 0.169. The monoisotopic (exact) mass is 397 g/mol. The third-order valence-corrected chi connectivity index (χ3v) is 5.43. The number of likely N-dealkylation sites (tertiary alicyclic amines) is 1. The number of hydrogen-bond acceptors (Lipinski definition) is 4. The predicted molar refractivity (Wildman–Crippen MR) is 106 cm³/mol. The molecule has 0 bridgehead atoms. The van der Waals surface area contributed by atoms with Gasteiger partial charge in [0.2, 0.25) is 0 Å². The standard InChI is InChI=1S/C23H24FNO4/c1-14(2)16-3-5-19(6-4-16)28-12-15-10-25(11-15)23(27)20-8-17-7-18(26)13-29-22(17)9-21(20)24/h3-6,8-9,14-15H,7,10-13H2,1-2H3. The zero-order valence-corrected chi connectivity index (χ0v) is 16.6. The SMILES string of the molecule is CC(C)c1ccc(OCC2CN(C(=O)c3cc4c(cc3F)OCC(=O)C4)C2)cc1. The minimum absolute atomic E-state index is 0.00862. The number of carbonyl (C=O) groups excluding carboxylic acids is 2. The largest absolute Gasteiger partial charge is 0.493 e. The van der Waals surface area contributed by atoms with E-state index in [9.17, 15) is 14.0 Å². The molecule has 4 rings (SSSR count). The van der Waals surface area contributed by atoms with Crippen molar-refractivity contribution in [2.45, 2.75) is 26.2 Å². The number of amides is 1. The molecule has 152 valence electrons. The summed E-state index contributed by atoms with van der Waals surface area (Å²) in [5.74, 6) is 0.791. The molecule has 1 fully saturated rings. The Hall–Kier alpha value is -2.89. The summed E-state index contributed by atoms with van der Waals surface area (Å²) in [6.45, 7) is 5.80. The summed E-state index contributed by atoms with van der Waals surface area (Å²) in [7, 11) is 0. The number of nitrogens with zero attached hydrogens (tertiary/aromatic N) is 1. The molecule has 29 heavy (non-hydrogen) atoms. The van der Waals surface area contributed by atoms with E-state index in [0.29, 0.717) is 36.9 Å². The Morgan fingerprint density at radius 3 is 2.66 bits per heavy atom. The second-order valence-electron chi connectivity index (χ2n) is 8.05. The summed E-state index contributed by atoms with van der Waals surface area (Å²) in [5, 5.41) is 0. The van der Waals surface area contributed by atoms with Crippen LogP contribution in [0.5, 0.6) is 11.5 Å². The van der Waals surface area contributed by atoms with E-state index in [1.165, 1.54) is 17.7 Å². The molecule has 5 nitrogen and oxygen atoms in total. The molecule has 2 aromatic carbocycles. The Kier molecular flexibility index (Phi) is 5.26. The second-order valence-corrected chi connectivity index (χ2v) is 8.05. The highest BCUT2D eigenvalue weighted by Crippen LogP contribution is 2.29. The van der Waals surface area contributed by atoms with Crippen molar-refractivity contribution in [1.82, 2.24) is 4.90 Å². The van der Waals surface area contributed by atoms with Gasteiger partial charge in [0.15, 0.2) is 5.78 Å². The van der Waals surface area contributed by atoms with Crippen LogP contribution in [0, 0.1) is 11.7 Å². The molecule has 0 aliphatic carbocycles. The number of ketones is 1. The van der Waals surface area contributed by atoms with Crippen LogP contribution in [0.15, 0.2) is 36.4 Å². The summed E-state index contributed by atoms with van der Waals surface area (Å²) < 4.78 is 25.4. The second kappa shape index (κ2) is 7.85. The lowest BCUT2D eigenvalue weighted by Crippen LogP contribution is -2.52. The lowest BCUT2D eigenvalue weighted by Gasteiger charge is -2.39. The molecular weight excluding hydrogens is 373 g/mol. The summed E-state index contributed by atoms with van der Waals surface area (Å²) in [6, 6.07) is 10.7. The fourth-order valence-electron chi connectivity index (χ4n) is 3.63. The molecule has 2 heterocycles. The first-order valence-corrected chi connectivity index (χ1v) is 9.89. The third kappa shape index (κ3) is 4.11. The minimum Gasteiger partial charge on any atom is -0.493 e. The van der Waals surface area contributed by atoms with Gasteiger partial charge in [0.05, 0.1) is 12.2 Å². The Morgan fingerprint density at radius 1 is 1.24 bits per heavy atom. The normalized spacial score (nSPS) is 16.3. The number of Topliss-reactive ketones (excluding diaryl/α,β-unsaturated/α-hetero) is 1. The van der Waals surface area contributed by atoms with E-state index >= 15 is 0 Å². The van der Waals surface area contributed by atoms with E-state index in [1.807, 2.05) is 12.1 Å². The maximum Gasteiger partial charge on any atom is 0.256 e. The highest BCUT2D eigenvalue weighted by molar-refractivity contribution is 5.96. The number of ether oxygens (including phenoxy) is 2. The number of rotatable bonds is 5. The van der Waals surface area contributed by atoms with Crippen molar-refractivity contribution in [2.75, 3.05) is 26.3 Å². The number of benzene rings is 2. The molecule has 6 heteroatoms. The van der Waals surface area contributed by atoms with Gasteiger partial charge >= 0.3 is 0 Å². The van der Waals surface area contributed by atoms with E-state index in [-0.39, 0.29) is 36.2 Å². The molecule has 0 radical (unpaired) electrons. The Morgan fingerprint density at radius 2 is 1.97 bits per heavy atom. The smallest absolute Gasteiger partial charge is 0.256 e. The fourth-order valence-corrected chi connectivity index (χ4v) is 3.63. The Bertz CT molecular complexity index is 933. The maximum absolute atomic E-state index is 14.4. The molecule has 0 unspecified atom stereocenters. The van der Waals surface area contributed by atoms with E-state index in [2.05, 4.69) is 26.0 Å². The lowest BCUT2D eigenvalue weighted by molar-refractivity contribution is -0.121. The molecule has 1 saturated heterocycles. The van der Waals surface area contributed by atoms with Gasteiger partial charge in [-0.25, -0.2) is 4.39 Å². The Labute approximate surface area is 169 Å². The van der Waals surface area contributed by atoms with Crippen molar-refractivity contribution < 1.29 is 23.5 Å². The quantitative estimate of drug-likeness (QED) is 0.774. The van der Waals surface area contributed by atoms with Crippen LogP contribution < -0.4 is 9.47 Å². The molecule has 2 aliphatic rings. The molecule has 0 aromatic heterocycles. The van der Waals surface area contributed by atoms with Crippen LogP contribution in [-0.4, -0.2) is 42.9 Å². The average molecular weight is 397 g/mol. The topological polar surface area (TPSA) is 55.8 Å². The van der Waals surface area contributed by atoms with Crippen LogP contribution in [0.1, 0.15) is 41.3 Å². The predicted octanol–water partition coefficient (Wildman–Crippen LogP) is 3.60. The zero-order valence-electron chi connectivity index (χ0n) is 16.6. The Balaban J connectivity index is 1.32. The van der Waals surface area contributed by atoms with Crippen LogP contribution in [0.4, 0.5) is 4.39 Å². The van der Waals surface area contributed by atoms with E-state index in [0.717, 1.165) is 5.75 Å². The highest BCUT2D eigenvalue weighted by Gasteiger charge is 2.33. The van der Waals surface area contributed by atoms with Gasteiger partial charge in [0.25, 0.3) is 5.91 Å². The molecule has 0 spiro atoms. The van der Waals surface area contributed by atoms with E-state index < -0.39 is 5.82 Å². The summed E-state index contributed by atoms with van der Waals surface area (Å²) >= 11 is 0. The highest BCUT2D eigenvalue weighted by atomic mass is 19.1.